The molecule has 1 heterocycles. The number of carboxylic acid groups (broad SMARTS) is 1. The molecule has 0 aliphatic heterocycles. The van der Waals surface area contributed by atoms with Crippen molar-refractivity contribution in [3.63, 3.8) is 0 Å². The third-order valence-corrected chi connectivity index (χ3v) is 3.41. The topological polar surface area (TPSA) is 76.2 Å². The number of carbonyl (C=O) groups is 1. The summed E-state index contributed by atoms with van der Waals surface area (Å²) >= 11 is 3.07. The van der Waals surface area contributed by atoms with Crippen molar-refractivity contribution in [2.45, 2.75) is 11.8 Å². The molecule has 0 aliphatic rings. The molecule has 3 N–H and O–H groups in total. The van der Waals surface area contributed by atoms with Crippen molar-refractivity contribution >= 4 is 29.1 Å². The lowest BCUT2D eigenvalue weighted by atomic mass is 10.4. The lowest BCUT2D eigenvalue weighted by molar-refractivity contribution is -0.137. The molecule has 72 valence electrons. The maximum atomic E-state index is 10.3. The van der Waals surface area contributed by atoms with Crippen molar-refractivity contribution in [2.24, 2.45) is 5.73 Å². The fourth-order valence-corrected chi connectivity index (χ4v) is 2.36. The summed E-state index contributed by atoms with van der Waals surface area (Å²) in [5, 5.41) is 8.49. The Balaban J connectivity index is 2.18. The molecule has 0 saturated carbocycles. The second-order valence-electron chi connectivity index (χ2n) is 2.43. The number of rotatable bonds is 5. The first-order valence-corrected chi connectivity index (χ1v) is 5.67. The van der Waals surface area contributed by atoms with Gasteiger partial charge < -0.3 is 10.8 Å². The molecule has 6 heteroatoms. The molecule has 0 spiro atoms. The van der Waals surface area contributed by atoms with Gasteiger partial charge in [0.05, 0.1) is 5.51 Å². The molecule has 0 fully saturated rings. The van der Waals surface area contributed by atoms with Crippen molar-refractivity contribution in [3.05, 3.63) is 16.6 Å². The van der Waals surface area contributed by atoms with Crippen LogP contribution < -0.4 is 5.73 Å². The molecular weight excluding hydrogens is 208 g/mol. The summed E-state index contributed by atoms with van der Waals surface area (Å²) in [5.74, 6) is 0.274. The molecular formula is C7H10N2O2S2. The number of aromatic nitrogens is 1. The molecule has 0 aliphatic carbocycles. The third-order valence-electron chi connectivity index (χ3n) is 1.34. The van der Waals surface area contributed by atoms with Gasteiger partial charge in [0.1, 0.15) is 6.04 Å². The molecule has 13 heavy (non-hydrogen) atoms. The monoisotopic (exact) mass is 218 g/mol. The van der Waals surface area contributed by atoms with E-state index in [1.54, 1.807) is 23.0 Å². The van der Waals surface area contributed by atoms with Crippen LogP contribution in [0, 0.1) is 0 Å². The van der Waals surface area contributed by atoms with Crippen molar-refractivity contribution in [3.8, 4) is 0 Å². The summed E-state index contributed by atoms with van der Waals surface area (Å²) in [6.45, 7) is 0. The summed E-state index contributed by atoms with van der Waals surface area (Å²) in [5.41, 5.74) is 7.08. The average Bonchev–Trinajstić information content (AvgIpc) is 2.56. The Kier molecular flexibility index (Phi) is 4.20. The van der Waals surface area contributed by atoms with Gasteiger partial charge in [-0.2, -0.15) is 11.8 Å². The number of thiazole rings is 1. The van der Waals surface area contributed by atoms with Crippen LogP contribution >= 0.6 is 23.1 Å². The van der Waals surface area contributed by atoms with Gasteiger partial charge in [0.15, 0.2) is 0 Å². The largest absolute Gasteiger partial charge is 0.480 e. The Hall–Kier alpha value is -0.590. The summed E-state index contributed by atoms with van der Waals surface area (Å²) in [4.78, 5) is 15.4. The van der Waals surface area contributed by atoms with E-state index in [0.717, 1.165) is 10.6 Å². The van der Waals surface area contributed by atoms with Gasteiger partial charge >= 0.3 is 5.97 Å². The van der Waals surface area contributed by atoms with Crippen LogP contribution in [0.2, 0.25) is 0 Å². The zero-order valence-electron chi connectivity index (χ0n) is 6.84. The smallest absolute Gasteiger partial charge is 0.321 e. The van der Waals surface area contributed by atoms with Gasteiger partial charge in [0, 0.05) is 22.6 Å². The third kappa shape index (κ3) is 3.75. The van der Waals surface area contributed by atoms with Crippen molar-refractivity contribution < 1.29 is 9.90 Å². The lowest BCUT2D eigenvalue weighted by Gasteiger charge is -2.03. The van der Waals surface area contributed by atoms with E-state index in [0.29, 0.717) is 5.75 Å². The number of thioether (sulfide) groups is 1. The molecule has 4 nitrogen and oxygen atoms in total. The Bertz CT molecular complexity index is 263. The Morgan fingerprint density at radius 2 is 2.62 bits per heavy atom. The highest BCUT2D eigenvalue weighted by molar-refractivity contribution is 7.98. The minimum absolute atomic E-state index is 0.438. The van der Waals surface area contributed by atoms with Crippen LogP contribution in [0.5, 0.6) is 0 Å². The minimum Gasteiger partial charge on any atom is -0.480 e. The van der Waals surface area contributed by atoms with Crippen LogP contribution in [0.3, 0.4) is 0 Å². The number of nitrogens with zero attached hydrogens (tertiary/aromatic N) is 1. The molecule has 1 aromatic rings. The van der Waals surface area contributed by atoms with Gasteiger partial charge in [0.2, 0.25) is 0 Å². The van der Waals surface area contributed by atoms with Gasteiger partial charge in [-0.05, 0) is 0 Å². The van der Waals surface area contributed by atoms with Crippen molar-refractivity contribution in [1.82, 2.24) is 4.98 Å². The SMILES string of the molecule is N[C@@H](CSCc1cncs1)C(=O)O. The van der Waals surface area contributed by atoms with Crippen LogP contribution in [-0.2, 0) is 10.5 Å². The Labute approximate surface area is 84.2 Å². The molecule has 0 amide bonds. The standard InChI is InChI=1S/C7H10N2O2S2/c8-6(7(10)11)3-12-2-5-1-9-4-13-5/h1,4,6H,2-3,8H2,(H,10,11)/t6-/m0/s1. The van der Waals surface area contributed by atoms with E-state index >= 15 is 0 Å². The summed E-state index contributed by atoms with van der Waals surface area (Å²) in [6.07, 6.45) is 1.78. The van der Waals surface area contributed by atoms with Crippen LogP contribution in [0.1, 0.15) is 4.88 Å². The van der Waals surface area contributed by atoms with Crippen LogP contribution in [-0.4, -0.2) is 27.9 Å². The highest BCUT2D eigenvalue weighted by Gasteiger charge is 2.10. The second kappa shape index (κ2) is 5.21. The van der Waals surface area contributed by atoms with Crippen LogP contribution in [0.4, 0.5) is 0 Å². The average molecular weight is 218 g/mol. The van der Waals surface area contributed by atoms with E-state index in [1.165, 1.54) is 11.8 Å². The van der Waals surface area contributed by atoms with E-state index in [-0.39, 0.29) is 0 Å². The second-order valence-corrected chi connectivity index (χ2v) is 4.43. The van der Waals surface area contributed by atoms with Gasteiger partial charge in [0.25, 0.3) is 0 Å². The molecule has 1 aromatic heterocycles. The molecule has 0 unspecified atom stereocenters. The van der Waals surface area contributed by atoms with Crippen LogP contribution in [0.15, 0.2) is 11.7 Å². The molecule has 0 radical (unpaired) electrons. The van der Waals surface area contributed by atoms with Gasteiger partial charge in [-0.15, -0.1) is 11.3 Å². The highest BCUT2D eigenvalue weighted by Crippen LogP contribution is 2.15. The number of carboxylic acids is 1. The van der Waals surface area contributed by atoms with Crippen molar-refractivity contribution in [2.75, 3.05) is 5.75 Å². The zero-order chi connectivity index (χ0) is 9.68. The number of aliphatic carboxylic acids is 1. The predicted molar refractivity (Wildman–Crippen MR) is 53.9 cm³/mol. The zero-order valence-corrected chi connectivity index (χ0v) is 8.48. The van der Waals surface area contributed by atoms with E-state index in [4.69, 9.17) is 10.8 Å². The molecule has 1 atom stereocenters. The van der Waals surface area contributed by atoms with Crippen molar-refractivity contribution in [1.29, 1.82) is 0 Å². The van der Waals surface area contributed by atoms with Gasteiger partial charge in [-0.1, -0.05) is 0 Å². The molecule has 0 bridgehead atoms. The van der Waals surface area contributed by atoms with E-state index in [1.807, 2.05) is 0 Å². The van der Waals surface area contributed by atoms with Crippen LogP contribution in [0.25, 0.3) is 0 Å². The summed E-state index contributed by atoms with van der Waals surface area (Å²) < 4.78 is 0. The number of hydrogen-bond donors (Lipinski definition) is 2. The van der Waals surface area contributed by atoms with E-state index in [9.17, 15) is 4.79 Å². The van der Waals surface area contributed by atoms with E-state index in [2.05, 4.69) is 4.98 Å². The van der Waals surface area contributed by atoms with E-state index < -0.39 is 12.0 Å². The molecule has 0 aromatic carbocycles. The Morgan fingerprint density at radius 1 is 1.85 bits per heavy atom. The fourth-order valence-electron chi connectivity index (χ4n) is 0.671. The summed E-state index contributed by atoms with van der Waals surface area (Å²) in [7, 11) is 0. The maximum absolute atomic E-state index is 10.3. The Morgan fingerprint density at radius 3 is 3.15 bits per heavy atom. The number of hydrogen-bond acceptors (Lipinski definition) is 5. The molecule has 0 saturated heterocycles. The fraction of sp³-hybridized carbons (Fsp3) is 0.429. The van der Waals surface area contributed by atoms with Gasteiger partial charge in [-0.25, -0.2) is 0 Å². The molecule has 1 rings (SSSR count). The quantitative estimate of drug-likeness (QED) is 0.764. The highest BCUT2D eigenvalue weighted by atomic mass is 32.2. The normalized spacial score (nSPS) is 12.7. The predicted octanol–water partition coefficient (Wildman–Crippen LogP) is 0.788. The van der Waals surface area contributed by atoms with Gasteiger partial charge in [-0.3, -0.25) is 9.78 Å². The summed E-state index contributed by atoms with van der Waals surface area (Å²) in [6, 6.07) is -0.766. The first-order chi connectivity index (χ1) is 6.20. The minimum atomic E-state index is -0.947. The lowest BCUT2D eigenvalue weighted by Crippen LogP contribution is -2.32. The number of nitrogens with two attached hydrogens (primary N) is 1. The first-order valence-electron chi connectivity index (χ1n) is 3.63. The first kappa shape index (κ1) is 10.5. The maximum Gasteiger partial charge on any atom is 0.321 e.